The number of benzene rings is 2. The van der Waals surface area contributed by atoms with Gasteiger partial charge in [-0.25, -0.2) is 0 Å². The summed E-state index contributed by atoms with van der Waals surface area (Å²) >= 11 is 12.6. The summed E-state index contributed by atoms with van der Waals surface area (Å²) in [5.74, 6) is 0.633. The van der Waals surface area contributed by atoms with Crippen molar-refractivity contribution in [1.82, 2.24) is 5.32 Å². The van der Waals surface area contributed by atoms with E-state index >= 15 is 0 Å². The third-order valence-corrected chi connectivity index (χ3v) is 6.99. The quantitative estimate of drug-likeness (QED) is 0.294. The highest BCUT2D eigenvalue weighted by Crippen LogP contribution is 2.42. The third-order valence-electron chi connectivity index (χ3n) is 6.44. The summed E-state index contributed by atoms with van der Waals surface area (Å²) in [7, 11) is 1.64. The molecule has 0 aliphatic heterocycles. The van der Waals surface area contributed by atoms with Gasteiger partial charge in [-0.2, -0.15) is 0 Å². The maximum atomic E-state index is 12.8. The van der Waals surface area contributed by atoms with Crippen LogP contribution in [0.3, 0.4) is 0 Å². The molecule has 1 heterocycles. The van der Waals surface area contributed by atoms with Gasteiger partial charge in [0, 0.05) is 44.8 Å². The van der Waals surface area contributed by atoms with Gasteiger partial charge in [0.25, 0.3) is 0 Å². The molecule has 33 heavy (non-hydrogen) atoms. The fourth-order valence-corrected chi connectivity index (χ4v) is 5.24. The molecule has 3 aromatic rings. The Bertz CT molecular complexity index is 1200. The summed E-state index contributed by atoms with van der Waals surface area (Å²) in [5, 5.41) is 5.22. The number of hydrogen-bond donors (Lipinski definition) is 1. The molecule has 2 aromatic carbocycles. The maximum absolute atomic E-state index is 12.8. The first-order valence-electron chi connectivity index (χ1n) is 11.4. The molecule has 4 nitrogen and oxygen atoms in total. The third kappa shape index (κ3) is 5.07. The lowest BCUT2D eigenvalue weighted by atomic mass is 9.96. The van der Waals surface area contributed by atoms with Crippen molar-refractivity contribution in [3.8, 4) is 16.9 Å². The van der Waals surface area contributed by atoms with Crippen LogP contribution in [0.25, 0.3) is 27.7 Å². The minimum atomic E-state index is -0.0626. The van der Waals surface area contributed by atoms with Crippen LogP contribution >= 0.6 is 23.2 Å². The van der Waals surface area contributed by atoms with Gasteiger partial charge in [0.1, 0.15) is 11.3 Å². The summed E-state index contributed by atoms with van der Waals surface area (Å²) in [6.07, 6.45) is 10.3. The zero-order valence-electron chi connectivity index (χ0n) is 19.3. The Morgan fingerprint density at radius 2 is 1.85 bits per heavy atom. The van der Waals surface area contributed by atoms with Crippen LogP contribution < -0.4 is 10.1 Å². The number of methoxy groups -OCH3 is 1. The minimum Gasteiger partial charge on any atom is -0.496 e. The monoisotopic (exact) mass is 485 g/mol. The van der Waals surface area contributed by atoms with Crippen molar-refractivity contribution in [3.63, 3.8) is 0 Å². The molecule has 1 fully saturated rings. The lowest BCUT2D eigenvalue weighted by molar-refractivity contribution is -0.117. The molecular weight excluding hydrogens is 457 g/mol. The van der Waals surface area contributed by atoms with Gasteiger partial charge in [-0.05, 0) is 50.5 Å². The van der Waals surface area contributed by atoms with Crippen LogP contribution in [0.2, 0.25) is 10.0 Å². The number of carbonyl (C=O) groups is 1. The molecule has 4 rings (SSSR count). The van der Waals surface area contributed by atoms with Gasteiger partial charge in [-0.1, -0.05) is 55.0 Å². The number of nitrogens with one attached hydrogen (secondary N) is 1. The molecular formula is C27H29Cl2NO3. The average molecular weight is 486 g/mol. The van der Waals surface area contributed by atoms with Crippen molar-refractivity contribution in [1.29, 1.82) is 0 Å². The van der Waals surface area contributed by atoms with Crippen molar-refractivity contribution in [3.05, 3.63) is 57.8 Å². The number of rotatable bonds is 5. The molecule has 0 saturated heterocycles. The number of carbonyl (C=O) groups excluding carboxylic acids is 1. The minimum absolute atomic E-state index is 0.0626. The second-order valence-corrected chi connectivity index (χ2v) is 9.60. The highest BCUT2D eigenvalue weighted by molar-refractivity contribution is 6.36. The van der Waals surface area contributed by atoms with Crippen molar-refractivity contribution in [2.75, 3.05) is 7.11 Å². The number of aryl methyl sites for hydroxylation is 1. The van der Waals surface area contributed by atoms with E-state index in [1.54, 1.807) is 25.5 Å². The molecule has 0 spiro atoms. The topological polar surface area (TPSA) is 51.5 Å². The van der Waals surface area contributed by atoms with E-state index in [-0.39, 0.29) is 11.9 Å². The number of hydrogen-bond acceptors (Lipinski definition) is 3. The van der Waals surface area contributed by atoms with Gasteiger partial charge in [-0.3, -0.25) is 4.79 Å². The van der Waals surface area contributed by atoms with Crippen LogP contribution in [0, 0.1) is 6.92 Å². The Morgan fingerprint density at radius 3 is 2.52 bits per heavy atom. The van der Waals surface area contributed by atoms with Crippen LogP contribution in [0.1, 0.15) is 56.6 Å². The second kappa shape index (κ2) is 10.2. The number of ether oxygens (including phenoxy) is 1. The van der Waals surface area contributed by atoms with Crippen LogP contribution in [0.15, 0.2) is 41.0 Å². The van der Waals surface area contributed by atoms with Crippen LogP contribution in [-0.2, 0) is 4.79 Å². The SMILES string of the molecule is COc1c(/C(C)=C/C(=O)NC2CCCCCC2)cc2c(-c3ccc(Cl)cc3Cl)coc2c1C. The van der Waals surface area contributed by atoms with Gasteiger partial charge in [0.05, 0.1) is 18.4 Å². The largest absolute Gasteiger partial charge is 0.496 e. The maximum Gasteiger partial charge on any atom is 0.244 e. The van der Waals surface area contributed by atoms with Crippen LogP contribution in [-0.4, -0.2) is 19.1 Å². The molecule has 0 bridgehead atoms. The summed E-state index contributed by atoms with van der Waals surface area (Å²) in [6, 6.07) is 7.68. The lowest BCUT2D eigenvalue weighted by Crippen LogP contribution is -2.33. The number of amides is 1. The average Bonchev–Trinajstić information content (AvgIpc) is 3.02. The van der Waals surface area contributed by atoms with Gasteiger partial charge in [0.15, 0.2) is 0 Å². The molecule has 1 aliphatic carbocycles. The molecule has 1 saturated carbocycles. The summed E-state index contributed by atoms with van der Waals surface area (Å²) in [6.45, 7) is 3.89. The second-order valence-electron chi connectivity index (χ2n) is 8.76. The van der Waals surface area contributed by atoms with Gasteiger partial charge in [-0.15, -0.1) is 0 Å². The summed E-state index contributed by atoms with van der Waals surface area (Å²) in [4.78, 5) is 12.8. The molecule has 0 unspecified atom stereocenters. The van der Waals surface area contributed by atoms with E-state index in [2.05, 4.69) is 5.32 Å². The van der Waals surface area contributed by atoms with E-state index in [4.69, 9.17) is 32.4 Å². The van der Waals surface area contributed by atoms with Crippen molar-refractivity contribution < 1.29 is 13.9 Å². The molecule has 1 amide bonds. The summed E-state index contributed by atoms with van der Waals surface area (Å²) in [5.41, 5.74) is 4.99. The molecule has 1 aromatic heterocycles. The first-order chi connectivity index (χ1) is 15.9. The highest BCUT2D eigenvalue weighted by atomic mass is 35.5. The van der Waals surface area contributed by atoms with Crippen LogP contribution in [0.5, 0.6) is 5.75 Å². The van der Waals surface area contributed by atoms with E-state index in [1.807, 2.05) is 32.0 Å². The highest BCUT2D eigenvalue weighted by Gasteiger charge is 2.20. The molecule has 0 radical (unpaired) electrons. The molecule has 1 aliphatic rings. The first-order valence-corrected chi connectivity index (χ1v) is 12.2. The Labute approximate surface area is 204 Å². The van der Waals surface area contributed by atoms with Gasteiger partial charge >= 0.3 is 0 Å². The zero-order chi connectivity index (χ0) is 23.5. The van der Waals surface area contributed by atoms with E-state index in [9.17, 15) is 4.79 Å². The number of furan rings is 1. The molecule has 174 valence electrons. The Hall–Kier alpha value is -2.43. The van der Waals surface area contributed by atoms with E-state index in [0.717, 1.165) is 51.6 Å². The number of allylic oxidation sites excluding steroid dienone is 1. The standard InChI is InChI=1S/C27H29Cl2NO3/c1-16(12-25(31)30-19-8-6-4-5-7-9-19)21-14-22-23(20-11-10-18(28)13-24(20)29)15-33-27(22)17(2)26(21)32-3/h10-15,19H,4-9H2,1-3H3,(H,30,31)/b16-12+. The fraction of sp³-hybridized carbons (Fsp3) is 0.370. The van der Waals surface area contributed by atoms with E-state index in [1.165, 1.54) is 25.7 Å². The number of halogens is 2. The molecule has 1 N–H and O–H groups in total. The van der Waals surface area contributed by atoms with E-state index < -0.39 is 0 Å². The predicted molar refractivity (Wildman–Crippen MR) is 136 cm³/mol. The first kappa shape index (κ1) is 23.7. The van der Waals surface area contributed by atoms with Gasteiger partial charge in [0.2, 0.25) is 5.91 Å². The fourth-order valence-electron chi connectivity index (χ4n) is 4.73. The Balaban J connectivity index is 1.73. The normalized spacial score (nSPS) is 15.5. The summed E-state index contributed by atoms with van der Waals surface area (Å²) < 4.78 is 11.7. The van der Waals surface area contributed by atoms with Crippen molar-refractivity contribution in [2.24, 2.45) is 0 Å². The number of fused-ring (bicyclic) bond motifs is 1. The molecule has 6 heteroatoms. The lowest BCUT2D eigenvalue weighted by Gasteiger charge is -2.16. The van der Waals surface area contributed by atoms with Crippen molar-refractivity contribution in [2.45, 2.75) is 58.4 Å². The van der Waals surface area contributed by atoms with Gasteiger partial charge < -0.3 is 14.5 Å². The smallest absolute Gasteiger partial charge is 0.244 e. The van der Waals surface area contributed by atoms with E-state index in [0.29, 0.717) is 15.8 Å². The predicted octanol–water partition coefficient (Wildman–Crippen LogP) is 7.97. The molecule has 0 atom stereocenters. The van der Waals surface area contributed by atoms with Crippen molar-refractivity contribution >= 4 is 45.7 Å². The van der Waals surface area contributed by atoms with Crippen LogP contribution in [0.4, 0.5) is 0 Å². The zero-order valence-corrected chi connectivity index (χ0v) is 20.8. The Morgan fingerprint density at radius 1 is 1.12 bits per heavy atom. The Kier molecular flexibility index (Phi) is 7.35.